The van der Waals surface area contributed by atoms with Gasteiger partial charge in [-0.15, -0.1) is 12.4 Å². The van der Waals surface area contributed by atoms with E-state index in [1.165, 1.54) is 5.56 Å². The van der Waals surface area contributed by atoms with Crippen molar-refractivity contribution in [2.24, 2.45) is 7.05 Å². The van der Waals surface area contributed by atoms with Crippen LogP contribution in [0.3, 0.4) is 0 Å². The summed E-state index contributed by atoms with van der Waals surface area (Å²) < 4.78 is 1.78. The van der Waals surface area contributed by atoms with Gasteiger partial charge < -0.3 is 10.6 Å². The molecule has 5 nitrogen and oxygen atoms in total. The molecule has 0 unspecified atom stereocenters. The van der Waals surface area contributed by atoms with Gasteiger partial charge in [-0.3, -0.25) is 9.48 Å². The van der Waals surface area contributed by atoms with Crippen molar-refractivity contribution in [1.82, 2.24) is 15.1 Å². The van der Waals surface area contributed by atoms with Crippen LogP contribution in [0.5, 0.6) is 0 Å². The summed E-state index contributed by atoms with van der Waals surface area (Å²) in [4.78, 5) is 11.6. The van der Waals surface area contributed by atoms with Gasteiger partial charge in [0.15, 0.2) is 0 Å². The van der Waals surface area contributed by atoms with Crippen molar-refractivity contribution in [1.29, 1.82) is 0 Å². The molecule has 6 heteroatoms. The molecule has 1 heterocycles. The van der Waals surface area contributed by atoms with Crippen molar-refractivity contribution in [2.75, 3.05) is 18.9 Å². The van der Waals surface area contributed by atoms with Crippen LogP contribution in [0.1, 0.15) is 24.1 Å². The molecule has 0 aliphatic heterocycles. The number of fused-ring (bicyclic) bond motifs is 1. The maximum Gasteiger partial charge on any atom is 0.226 e. The number of aromatic nitrogens is 2. The monoisotopic (exact) mass is 258 g/mol. The quantitative estimate of drug-likeness (QED) is 0.843. The molecule has 96 valence electrons. The highest BCUT2D eigenvalue weighted by atomic mass is 35.5. The van der Waals surface area contributed by atoms with Crippen molar-refractivity contribution < 1.29 is 4.79 Å². The number of rotatable bonds is 4. The maximum absolute atomic E-state index is 11.6. The van der Waals surface area contributed by atoms with Gasteiger partial charge in [0.05, 0.1) is 5.69 Å². The van der Waals surface area contributed by atoms with Crippen LogP contribution in [0.15, 0.2) is 0 Å². The Morgan fingerprint density at radius 1 is 1.47 bits per heavy atom. The number of aryl methyl sites for hydroxylation is 2. The minimum Gasteiger partial charge on any atom is -0.319 e. The topological polar surface area (TPSA) is 59.0 Å². The van der Waals surface area contributed by atoms with Gasteiger partial charge in [0.1, 0.15) is 5.82 Å². The van der Waals surface area contributed by atoms with Gasteiger partial charge >= 0.3 is 0 Å². The Morgan fingerprint density at radius 2 is 2.24 bits per heavy atom. The molecule has 0 saturated heterocycles. The summed E-state index contributed by atoms with van der Waals surface area (Å²) in [6.45, 7) is 0.700. The molecule has 0 radical (unpaired) electrons. The van der Waals surface area contributed by atoms with Gasteiger partial charge in [-0.25, -0.2) is 0 Å². The number of carbonyl (C=O) groups excluding carboxylic acids is 1. The Bertz CT molecular complexity index is 402. The number of hydrogen-bond acceptors (Lipinski definition) is 3. The highest BCUT2D eigenvalue weighted by Crippen LogP contribution is 2.27. The molecule has 0 saturated carbocycles. The molecule has 0 fully saturated rings. The highest BCUT2D eigenvalue weighted by Gasteiger charge is 2.21. The lowest BCUT2D eigenvalue weighted by Gasteiger charge is -2.07. The van der Waals surface area contributed by atoms with Gasteiger partial charge in [0, 0.05) is 25.6 Å². The minimum atomic E-state index is 0. The number of nitrogens with one attached hydrogen (secondary N) is 2. The van der Waals surface area contributed by atoms with E-state index in [0.717, 1.165) is 30.8 Å². The molecule has 2 N–H and O–H groups in total. The summed E-state index contributed by atoms with van der Waals surface area (Å²) >= 11 is 0. The summed E-state index contributed by atoms with van der Waals surface area (Å²) in [6, 6.07) is 0. The van der Waals surface area contributed by atoms with E-state index in [-0.39, 0.29) is 18.3 Å². The maximum atomic E-state index is 11.6. The molecule has 0 atom stereocenters. The molecular formula is C11H19ClN4O. The van der Waals surface area contributed by atoms with Gasteiger partial charge in [0.2, 0.25) is 5.91 Å². The molecule has 2 rings (SSSR count). The number of anilines is 1. The zero-order valence-corrected chi connectivity index (χ0v) is 11.1. The zero-order valence-electron chi connectivity index (χ0n) is 10.2. The fraction of sp³-hybridized carbons (Fsp3) is 0.636. The van der Waals surface area contributed by atoms with Gasteiger partial charge in [-0.05, 0) is 26.3 Å². The van der Waals surface area contributed by atoms with E-state index in [4.69, 9.17) is 0 Å². The molecule has 1 aromatic heterocycles. The Morgan fingerprint density at radius 3 is 2.94 bits per heavy atom. The molecule has 0 spiro atoms. The molecule has 1 amide bonds. The van der Waals surface area contributed by atoms with E-state index >= 15 is 0 Å². The van der Waals surface area contributed by atoms with Crippen LogP contribution in [0.4, 0.5) is 5.82 Å². The van der Waals surface area contributed by atoms with Crippen LogP contribution in [0, 0.1) is 0 Å². The lowest BCUT2D eigenvalue weighted by Crippen LogP contribution is -2.20. The van der Waals surface area contributed by atoms with Crippen molar-refractivity contribution >= 4 is 24.1 Å². The van der Waals surface area contributed by atoms with E-state index in [1.54, 1.807) is 4.68 Å². The Labute approximate surface area is 107 Å². The lowest BCUT2D eigenvalue weighted by atomic mass is 10.2. The largest absolute Gasteiger partial charge is 0.319 e. The summed E-state index contributed by atoms with van der Waals surface area (Å²) in [6.07, 6.45) is 3.72. The normalized spacial score (nSPS) is 13.1. The Hall–Kier alpha value is -1.07. The first-order valence-electron chi connectivity index (χ1n) is 5.71. The second-order valence-electron chi connectivity index (χ2n) is 4.15. The molecule has 1 aliphatic carbocycles. The first-order chi connectivity index (χ1) is 7.72. The third-order valence-electron chi connectivity index (χ3n) is 2.93. The molecule has 0 bridgehead atoms. The third-order valence-corrected chi connectivity index (χ3v) is 2.93. The van der Waals surface area contributed by atoms with Gasteiger partial charge in [-0.2, -0.15) is 5.10 Å². The zero-order chi connectivity index (χ0) is 11.5. The van der Waals surface area contributed by atoms with E-state index < -0.39 is 0 Å². The van der Waals surface area contributed by atoms with E-state index in [2.05, 4.69) is 15.7 Å². The number of halogens is 1. The number of amides is 1. The van der Waals surface area contributed by atoms with E-state index in [9.17, 15) is 4.79 Å². The van der Waals surface area contributed by atoms with Gasteiger partial charge in [-0.1, -0.05) is 0 Å². The van der Waals surface area contributed by atoms with Crippen molar-refractivity contribution in [3.8, 4) is 0 Å². The van der Waals surface area contributed by atoms with Crippen molar-refractivity contribution in [2.45, 2.75) is 25.7 Å². The highest BCUT2D eigenvalue weighted by molar-refractivity contribution is 5.90. The summed E-state index contributed by atoms with van der Waals surface area (Å²) in [5.41, 5.74) is 2.37. The number of carbonyl (C=O) groups is 1. The van der Waals surface area contributed by atoms with Gasteiger partial charge in [0.25, 0.3) is 0 Å². The first-order valence-corrected chi connectivity index (χ1v) is 5.71. The van der Waals surface area contributed by atoms with E-state index in [1.807, 2.05) is 14.1 Å². The Kier molecular flexibility index (Phi) is 4.96. The summed E-state index contributed by atoms with van der Waals surface area (Å²) in [7, 11) is 3.72. The summed E-state index contributed by atoms with van der Waals surface area (Å²) in [5.74, 6) is 0.931. The fourth-order valence-corrected chi connectivity index (χ4v) is 2.11. The SMILES string of the molecule is CNCCC(=O)Nc1c2c(nn1C)CCC2.Cl. The van der Waals surface area contributed by atoms with Crippen LogP contribution >= 0.6 is 12.4 Å². The van der Waals surface area contributed by atoms with Crippen LogP contribution in [0.2, 0.25) is 0 Å². The second kappa shape index (κ2) is 6.02. The van der Waals surface area contributed by atoms with Crippen LogP contribution in [-0.4, -0.2) is 29.3 Å². The average Bonchev–Trinajstić information content (AvgIpc) is 2.79. The Balaban J connectivity index is 0.00000144. The molecular weight excluding hydrogens is 240 g/mol. The number of nitrogens with zero attached hydrogens (tertiary/aromatic N) is 2. The molecule has 0 aromatic carbocycles. The van der Waals surface area contributed by atoms with E-state index in [0.29, 0.717) is 13.0 Å². The lowest BCUT2D eigenvalue weighted by molar-refractivity contribution is -0.116. The molecule has 1 aromatic rings. The minimum absolute atomic E-state index is 0. The van der Waals surface area contributed by atoms with Crippen LogP contribution in [-0.2, 0) is 24.7 Å². The average molecular weight is 259 g/mol. The second-order valence-corrected chi connectivity index (χ2v) is 4.15. The standard InChI is InChI=1S/C11H18N4O.ClH/c1-12-7-6-10(16)13-11-8-4-3-5-9(8)14-15(11)2;/h12H,3-7H2,1-2H3,(H,13,16);1H. The third kappa shape index (κ3) is 2.98. The van der Waals surface area contributed by atoms with Crippen molar-refractivity contribution in [3.63, 3.8) is 0 Å². The first kappa shape index (κ1) is 14.0. The number of hydrogen-bond donors (Lipinski definition) is 2. The van der Waals surface area contributed by atoms with Crippen LogP contribution < -0.4 is 10.6 Å². The predicted molar refractivity (Wildman–Crippen MR) is 69.7 cm³/mol. The van der Waals surface area contributed by atoms with Crippen LogP contribution in [0.25, 0.3) is 0 Å². The summed E-state index contributed by atoms with van der Waals surface area (Å²) in [5, 5.41) is 10.3. The predicted octanol–water partition coefficient (Wildman–Crippen LogP) is 0.879. The fourth-order valence-electron chi connectivity index (χ4n) is 2.11. The van der Waals surface area contributed by atoms with Crippen molar-refractivity contribution in [3.05, 3.63) is 11.3 Å². The molecule has 1 aliphatic rings. The molecule has 17 heavy (non-hydrogen) atoms. The smallest absolute Gasteiger partial charge is 0.226 e.